The summed E-state index contributed by atoms with van der Waals surface area (Å²) in [6, 6.07) is 8.42. The number of rotatable bonds is 4. The molecular formula is C18H16N6OS. The van der Waals surface area contributed by atoms with Gasteiger partial charge in [0.25, 0.3) is 0 Å². The van der Waals surface area contributed by atoms with Gasteiger partial charge in [-0.05, 0) is 24.6 Å². The number of hydrogen-bond acceptors (Lipinski definition) is 7. The van der Waals surface area contributed by atoms with Crippen LogP contribution >= 0.6 is 11.8 Å². The fourth-order valence-corrected chi connectivity index (χ4v) is 3.91. The van der Waals surface area contributed by atoms with E-state index in [9.17, 15) is 0 Å². The smallest absolute Gasteiger partial charge is 0.168 e. The Hall–Kier alpha value is -2.89. The molecule has 2 aromatic heterocycles. The molecule has 0 spiro atoms. The van der Waals surface area contributed by atoms with Gasteiger partial charge >= 0.3 is 0 Å². The number of methoxy groups -OCH3 is 1. The van der Waals surface area contributed by atoms with Crippen molar-refractivity contribution in [3.05, 3.63) is 53.9 Å². The molecule has 0 bridgehead atoms. The summed E-state index contributed by atoms with van der Waals surface area (Å²) in [4.78, 5) is 16.2. The van der Waals surface area contributed by atoms with Crippen molar-refractivity contribution >= 4 is 23.3 Å². The summed E-state index contributed by atoms with van der Waals surface area (Å²) >= 11 is 1.60. The minimum Gasteiger partial charge on any atom is -0.364 e. The van der Waals surface area contributed by atoms with E-state index in [-0.39, 0.29) is 0 Å². The van der Waals surface area contributed by atoms with E-state index in [2.05, 4.69) is 39.2 Å². The van der Waals surface area contributed by atoms with Gasteiger partial charge in [0.1, 0.15) is 17.8 Å². The number of fused-ring (bicyclic) bond motifs is 2. The molecule has 0 N–H and O–H groups in total. The van der Waals surface area contributed by atoms with Crippen LogP contribution in [0.3, 0.4) is 0 Å². The summed E-state index contributed by atoms with van der Waals surface area (Å²) < 4.78 is 7.36. The summed E-state index contributed by atoms with van der Waals surface area (Å²) in [5.41, 5.74) is 3.48. The third-order valence-corrected chi connectivity index (χ3v) is 5.29. The molecule has 130 valence electrons. The van der Waals surface area contributed by atoms with Crippen molar-refractivity contribution in [3.63, 3.8) is 0 Å². The maximum Gasteiger partial charge on any atom is 0.168 e. The van der Waals surface area contributed by atoms with Crippen LogP contribution in [-0.2, 0) is 11.3 Å². The van der Waals surface area contributed by atoms with E-state index in [0.717, 1.165) is 32.7 Å². The Labute approximate surface area is 155 Å². The molecule has 1 aliphatic rings. The number of anilines is 2. The molecule has 1 aliphatic heterocycles. The molecule has 4 rings (SSSR count). The van der Waals surface area contributed by atoms with Gasteiger partial charge in [-0.25, -0.2) is 15.0 Å². The number of benzene rings is 1. The van der Waals surface area contributed by atoms with E-state index in [1.807, 2.05) is 16.4 Å². The molecule has 0 unspecified atom stereocenters. The lowest BCUT2D eigenvalue weighted by Crippen LogP contribution is -2.24. The second-order valence-electron chi connectivity index (χ2n) is 5.85. The molecule has 0 fully saturated rings. The summed E-state index contributed by atoms with van der Waals surface area (Å²) in [6.45, 7) is 2.95. The fraction of sp³-hybridized carbons (Fsp3) is 0.222. The van der Waals surface area contributed by atoms with E-state index in [1.54, 1.807) is 37.6 Å². The Morgan fingerprint density at radius 2 is 2.08 bits per heavy atom. The van der Waals surface area contributed by atoms with Crippen molar-refractivity contribution in [2.24, 2.45) is 0 Å². The highest BCUT2D eigenvalue weighted by Gasteiger charge is 2.25. The van der Waals surface area contributed by atoms with Crippen molar-refractivity contribution in [1.82, 2.24) is 19.5 Å². The van der Waals surface area contributed by atoms with Crippen LogP contribution < -0.4 is 4.90 Å². The first-order valence-electron chi connectivity index (χ1n) is 8.01. The number of hydrogen-bond donors (Lipinski definition) is 0. The molecule has 3 aromatic rings. The second kappa shape index (κ2) is 6.78. The molecule has 0 atom stereocenters. The summed E-state index contributed by atoms with van der Waals surface area (Å²) in [5, 5.41) is 9.95. The minimum atomic E-state index is 0.394. The van der Waals surface area contributed by atoms with Crippen LogP contribution in [-0.4, -0.2) is 33.4 Å². The zero-order chi connectivity index (χ0) is 18.1. The van der Waals surface area contributed by atoms with Gasteiger partial charge in [-0.2, -0.15) is 5.26 Å². The number of nitrogens with zero attached hydrogens (tertiary/aromatic N) is 6. The molecule has 1 aromatic carbocycles. The quantitative estimate of drug-likeness (QED) is 0.703. The van der Waals surface area contributed by atoms with Gasteiger partial charge in [-0.3, -0.25) is 4.90 Å². The highest BCUT2D eigenvalue weighted by atomic mass is 32.2. The molecule has 0 amide bonds. The van der Waals surface area contributed by atoms with Gasteiger partial charge < -0.3 is 9.30 Å². The van der Waals surface area contributed by atoms with E-state index in [0.29, 0.717) is 19.0 Å². The molecule has 7 nitrogen and oxygen atoms in total. The molecule has 8 heteroatoms. The van der Waals surface area contributed by atoms with Crippen molar-refractivity contribution in [2.45, 2.75) is 23.4 Å². The lowest BCUT2D eigenvalue weighted by atomic mass is 10.1. The second-order valence-corrected chi connectivity index (χ2v) is 6.88. The topological polar surface area (TPSA) is 79.9 Å². The third-order valence-electron chi connectivity index (χ3n) is 4.24. The van der Waals surface area contributed by atoms with Crippen LogP contribution in [0.25, 0.3) is 0 Å². The molecule has 3 heterocycles. The van der Waals surface area contributed by atoms with Gasteiger partial charge in [0, 0.05) is 30.9 Å². The van der Waals surface area contributed by atoms with Crippen molar-refractivity contribution in [2.75, 3.05) is 18.7 Å². The van der Waals surface area contributed by atoms with Crippen LogP contribution in [0.5, 0.6) is 0 Å². The average Bonchev–Trinajstić information content (AvgIpc) is 3.01. The van der Waals surface area contributed by atoms with Crippen LogP contribution in [0.15, 0.2) is 46.8 Å². The third kappa shape index (κ3) is 2.81. The van der Waals surface area contributed by atoms with E-state index in [4.69, 9.17) is 10.00 Å². The summed E-state index contributed by atoms with van der Waals surface area (Å²) in [6.07, 6.45) is 5.09. The molecular weight excluding hydrogens is 348 g/mol. The van der Waals surface area contributed by atoms with Gasteiger partial charge in [-0.15, -0.1) is 0 Å². The van der Waals surface area contributed by atoms with Crippen molar-refractivity contribution in [3.8, 4) is 6.07 Å². The highest BCUT2D eigenvalue weighted by Crippen LogP contribution is 2.46. The number of ether oxygens (including phenoxy) is 1. The van der Waals surface area contributed by atoms with Crippen LogP contribution in [0.4, 0.5) is 11.5 Å². The van der Waals surface area contributed by atoms with Gasteiger partial charge in [0.15, 0.2) is 11.5 Å². The van der Waals surface area contributed by atoms with Gasteiger partial charge in [-0.1, -0.05) is 17.8 Å². The van der Waals surface area contributed by atoms with Crippen LogP contribution in [0.2, 0.25) is 0 Å². The molecule has 0 saturated heterocycles. The Morgan fingerprint density at radius 1 is 1.23 bits per heavy atom. The first-order chi connectivity index (χ1) is 12.7. The SMILES string of the molecule is COCN1c2cc(Cn3cnc(C#N)c3C)ccc2Sc2nccnc21. The largest absolute Gasteiger partial charge is 0.364 e. The monoisotopic (exact) mass is 364 g/mol. The average molecular weight is 364 g/mol. The first kappa shape index (κ1) is 16.6. The normalized spacial score (nSPS) is 12.4. The summed E-state index contributed by atoms with van der Waals surface area (Å²) in [5.74, 6) is 0.801. The number of imidazole rings is 1. The molecule has 0 aliphatic carbocycles. The van der Waals surface area contributed by atoms with E-state index >= 15 is 0 Å². The fourth-order valence-electron chi connectivity index (χ4n) is 2.92. The number of aromatic nitrogens is 4. The Balaban J connectivity index is 1.71. The Bertz CT molecular complexity index is 1010. The predicted molar refractivity (Wildman–Crippen MR) is 97.4 cm³/mol. The van der Waals surface area contributed by atoms with Crippen LogP contribution in [0, 0.1) is 18.3 Å². The Kier molecular flexibility index (Phi) is 4.32. The van der Waals surface area contributed by atoms with E-state index < -0.39 is 0 Å². The maximum atomic E-state index is 9.08. The summed E-state index contributed by atoms with van der Waals surface area (Å²) in [7, 11) is 1.67. The standard InChI is InChI=1S/C18H16N6OS/c1-12-14(8-19)22-10-23(12)9-13-3-4-16-15(7-13)24(11-25-2)17-18(26-16)21-6-5-20-17/h3-7,10H,9,11H2,1-2H3. The molecule has 0 saturated carbocycles. The maximum absolute atomic E-state index is 9.08. The predicted octanol–water partition coefficient (Wildman–Crippen LogP) is 3.11. The zero-order valence-electron chi connectivity index (χ0n) is 14.4. The zero-order valence-corrected chi connectivity index (χ0v) is 15.2. The first-order valence-corrected chi connectivity index (χ1v) is 8.83. The number of nitriles is 1. The Morgan fingerprint density at radius 3 is 2.85 bits per heavy atom. The molecule has 26 heavy (non-hydrogen) atoms. The lowest BCUT2D eigenvalue weighted by Gasteiger charge is -2.30. The highest BCUT2D eigenvalue weighted by molar-refractivity contribution is 7.99. The lowest BCUT2D eigenvalue weighted by molar-refractivity contribution is 0.204. The van der Waals surface area contributed by atoms with E-state index in [1.165, 1.54) is 0 Å². The van der Waals surface area contributed by atoms with Gasteiger partial charge in [0.2, 0.25) is 0 Å². The minimum absolute atomic E-state index is 0.394. The van der Waals surface area contributed by atoms with Crippen LogP contribution in [0.1, 0.15) is 17.0 Å². The molecule has 0 radical (unpaired) electrons. The van der Waals surface area contributed by atoms with Gasteiger partial charge in [0.05, 0.1) is 17.7 Å². The van der Waals surface area contributed by atoms with Crippen molar-refractivity contribution in [1.29, 1.82) is 5.26 Å². The van der Waals surface area contributed by atoms with Crippen molar-refractivity contribution < 1.29 is 4.74 Å².